The molecule has 2 fully saturated rings. The minimum atomic E-state index is -1.08. The number of amides is 2. The molecule has 2 amide bonds. The van der Waals surface area contributed by atoms with E-state index in [2.05, 4.69) is 5.32 Å². The molecule has 2 aliphatic rings. The highest BCUT2D eigenvalue weighted by atomic mass is 16.4. The molecule has 6 nitrogen and oxygen atoms in total. The Morgan fingerprint density at radius 2 is 1.75 bits per heavy atom. The molecule has 1 aliphatic heterocycles. The van der Waals surface area contributed by atoms with Gasteiger partial charge < -0.3 is 20.4 Å². The lowest BCUT2D eigenvalue weighted by molar-refractivity contribution is -0.146. The van der Waals surface area contributed by atoms with Crippen LogP contribution in [0.3, 0.4) is 0 Å². The minimum Gasteiger partial charge on any atom is -0.480 e. The Hall–Kier alpha value is -1.30. The fourth-order valence-electron chi connectivity index (χ4n) is 3.15. The number of piperidine rings is 1. The van der Waals surface area contributed by atoms with Gasteiger partial charge in [0.05, 0.1) is 0 Å². The number of nitrogens with zero attached hydrogens (tertiary/aromatic N) is 1. The number of rotatable bonds is 3. The number of carboxylic acid groups (broad SMARTS) is 1. The van der Waals surface area contributed by atoms with Crippen molar-refractivity contribution < 1.29 is 19.8 Å². The van der Waals surface area contributed by atoms with E-state index in [1.165, 1.54) is 0 Å². The van der Waals surface area contributed by atoms with Gasteiger partial charge >= 0.3 is 12.0 Å². The molecule has 2 rings (SSSR count). The zero-order valence-electron chi connectivity index (χ0n) is 11.8. The third-order valence-electron chi connectivity index (χ3n) is 4.62. The van der Waals surface area contributed by atoms with Crippen molar-refractivity contribution >= 4 is 12.0 Å². The summed E-state index contributed by atoms with van der Waals surface area (Å²) >= 11 is 0. The van der Waals surface area contributed by atoms with Crippen LogP contribution in [0.25, 0.3) is 0 Å². The van der Waals surface area contributed by atoms with Gasteiger partial charge in [0.1, 0.15) is 5.54 Å². The van der Waals surface area contributed by atoms with E-state index >= 15 is 0 Å². The van der Waals surface area contributed by atoms with Crippen molar-refractivity contribution in [2.75, 3.05) is 19.7 Å². The van der Waals surface area contributed by atoms with E-state index in [4.69, 9.17) is 5.11 Å². The van der Waals surface area contributed by atoms with Gasteiger partial charge in [-0.15, -0.1) is 0 Å². The molecule has 1 saturated carbocycles. The molecule has 0 atom stereocenters. The summed E-state index contributed by atoms with van der Waals surface area (Å²) in [4.78, 5) is 25.5. The maximum atomic E-state index is 12.3. The van der Waals surface area contributed by atoms with Gasteiger partial charge in [0.15, 0.2) is 0 Å². The average Bonchev–Trinajstić information content (AvgIpc) is 2.48. The number of urea groups is 1. The van der Waals surface area contributed by atoms with Crippen molar-refractivity contribution in [3.8, 4) is 0 Å². The number of aliphatic hydroxyl groups is 1. The third kappa shape index (κ3) is 3.23. The smallest absolute Gasteiger partial charge is 0.329 e. The molecule has 0 aromatic heterocycles. The number of nitrogens with one attached hydrogen (secondary N) is 1. The Balaban J connectivity index is 1.94. The highest BCUT2D eigenvalue weighted by Crippen LogP contribution is 2.29. The van der Waals surface area contributed by atoms with E-state index in [-0.39, 0.29) is 18.6 Å². The molecule has 0 bridgehead atoms. The second-order valence-electron chi connectivity index (χ2n) is 5.99. The molecule has 0 radical (unpaired) electrons. The van der Waals surface area contributed by atoms with Crippen molar-refractivity contribution in [1.29, 1.82) is 0 Å². The van der Waals surface area contributed by atoms with E-state index in [0.717, 1.165) is 32.1 Å². The van der Waals surface area contributed by atoms with E-state index in [1.54, 1.807) is 4.90 Å². The fourth-order valence-corrected chi connectivity index (χ4v) is 3.15. The van der Waals surface area contributed by atoms with Crippen LogP contribution >= 0.6 is 0 Å². The van der Waals surface area contributed by atoms with Crippen LogP contribution in [0.5, 0.6) is 0 Å². The molecule has 0 spiro atoms. The molecular formula is C14H24N2O4. The molecule has 6 heteroatoms. The summed E-state index contributed by atoms with van der Waals surface area (Å²) in [6, 6.07) is -0.273. The Morgan fingerprint density at radius 1 is 1.15 bits per heavy atom. The number of hydrogen-bond donors (Lipinski definition) is 3. The first-order valence-corrected chi connectivity index (χ1v) is 7.49. The van der Waals surface area contributed by atoms with Gasteiger partial charge in [-0.25, -0.2) is 9.59 Å². The fraction of sp³-hybridized carbons (Fsp3) is 0.857. The molecule has 0 aromatic carbocycles. The van der Waals surface area contributed by atoms with Crippen molar-refractivity contribution in [3.05, 3.63) is 0 Å². The summed E-state index contributed by atoms with van der Waals surface area (Å²) < 4.78 is 0. The number of aliphatic hydroxyl groups excluding tert-OH is 1. The van der Waals surface area contributed by atoms with Crippen LogP contribution in [0.15, 0.2) is 0 Å². The molecule has 0 unspecified atom stereocenters. The van der Waals surface area contributed by atoms with Crippen molar-refractivity contribution in [1.82, 2.24) is 10.2 Å². The molecule has 20 heavy (non-hydrogen) atoms. The number of aliphatic carboxylic acids is 1. The lowest BCUT2D eigenvalue weighted by atomic mass is 9.82. The summed E-state index contributed by atoms with van der Waals surface area (Å²) in [5.41, 5.74) is -1.08. The Morgan fingerprint density at radius 3 is 2.25 bits per heavy atom. The zero-order valence-corrected chi connectivity index (χ0v) is 11.8. The molecule has 1 saturated heterocycles. The molecule has 114 valence electrons. The molecule has 0 aromatic rings. The highest BCUT2D eigenvalue weighted by Gasteiger charge is 2.42. The first-order chi connectivity index (χ1) is 9.57. The third-order valence-corrected chi connectivity index (χ3v) is 4.62. The highest BCUT2D eigenvalue weighted by molar-refractivity contribution is 5.86. The topological polar surface area (TPSA) is 89.9 Å². The monoisotopic (exact) mass is 284 g/mol. The minimum absolute atomic E-state index is 0.161. The van der Waals surface area contributed by atoms with Crippen LogP contribution in [0.1, 0.15) is 44.9 Å². The molecule has 1 heterocycles. The van der Waals surface area contributed by atoms with Gasteiger partial charge in [-0.2, -0.15) is 0 Å². The van der Waals surface area contributed by atoms with E-state index in [1.807, 2.05) is 0 Å². The van der Waals surface area contributed by atoms with E-state index in [9.17, 15) is 14.7 Å². The first kappa shape index (κ1) is 15.1. The first-order valence-electron chi connectivity index (χ1n) is 7.49. The lowest BCUT2D eigenvalue weighted by Crippen LogP contribution is -2.59. The maximum Gasteiger partial charge on any atom is 0.329 e. The summed E-state index contributed by atoms with van der Waals surface area (Å²) in [6.45, 7) is 1.34. The van der Waals surface area contributed by atoms with Crippen LogP contribution in [0.4, 0.5) is 4.79 Å². The Kier molecular flexibility index (Phi) is 4.86. The maximum absolute atomic E-state index is 12.3. The van der Waals surface area contributed by atoms with Crippen molar-refractivity contribution in [2.24, 2.45) is 5.92 Å². The van der Waals surface area contributed by atoms with Gasteiger partial charge in [0.2, 0.25) is 0 Å². The van der Waals surface area contributed by atoms with Crippen LogP contribution in [-0.4, -0.2) is 52.3 Å². The van der Waals surface area contributed by atoms with Gasteiger partial charge in [-0.1, -0.05) is 19.3 Å². The van der Waals surface area contributed by atoms with Gasteiger partial charge in [0.25, 0.3) is 0 Å². The average molecular weight is 284 g/mol. The van der Waals surface area contributed by atoms with E-state index in [0.29, 0.717) is 25.9 Å². The lowest BCUT2D eigenvalue weighted by Gasteiger charge is -2.38. The Bertz CT molecular complexity index is 358. The van der Waals surface area contributed by atoms with Gasteiger partial charge in [0, 0.05) is 19.7 Å². The summed E-state index contributed by atoms with van der Waals surface area (Å²) in [5.74, 6) is -0.655. The quantitative estimate of drug-likeness (QED) is 0.726. The predicted molar refractivity (Wildman–Crippen MR) is 73.4 cm³/mol. The van der Waals surface area contributed by atoms with Crippen LogP contribution in [-0.2, 0) is 4.79 Å². The summed E-state index contributed by atoms with van der Waals surface area (Å²) in [7, 11) is 0. The van der Waals surface area contributed by atoms with Crippen LogP contribution in [0.2, 0.25) is 0 Å². The number of hydrogen-bond acceptors (Lipinski definition) is 3. The zero-order chi connectivity index (χ0) is 14.6. The van der Waals surface area contributed by atoms with E-state index < -0.39 is 11.5 Å². The number of carbonyl (C=O) groups is 2. The second-order valence-corrected chi connectivity index (χ2v) is 5.99. The summed E-state index contributed by atoms with van der Waals surface area (Å²) in [5, 5.41) is 21.3. The normalized spacial score (nSPS) is 23.4. The molecular weight excluding hydrogens is 260 g/mol. The number of likely N-dealkylation sites (tertiary alicyclic amines) is 1. The molecule has 1 aliphatic carbocycles. The number of carbonyl (C=O) groups excluding carboxylic acids is 1. The standard InChI is InChI=1S/C14H24N2O4/c17-10-11-4-8-16(9-5-11)13(20)15-14(12(18)19)6-2-1-3-7-14/h11,17H,1-10H2,(H,15,20)(H,18,19). The second kappa shape index (κ2) is 6.43. The van der Waals surface area contributed by atoms with Crippen molar-refractivity contribution in [3.63, 3.8) is 0 Å². The van der Waals surface area contributed by atoms with Crippen LogP contribution < -0.4 is 5.32 Å². The molecule has 3 N–H and O–H groups in total. The Labute approximate surface area is 119 Å². The SMILES string of the molecule is O=C(NC1(C(=O)O)CCCCC1)N1CCC(CO)CC1. The van der Waals surface area contributed by atoms with Crippen LogP contribution in [0, 0.1) is 5.92 Å². The number of carboxylic acids is 1. The van der Waals surface area contributed by atoms with Gasteiger partial charge in [-0.3, -0.25) is 0 Å². The predicted octanol–water partition coefficient (Wildman–Crippen LogP) is 1.19. The largest absolute Gasteiger partial charge is 0.480 e. The summed E-state index contributed by atoms with van der Waals surface area (Å²) in [6.07, 6.45) is 5.32. The van der Waals surface area contributed by atoms with Crippen molar-refractivity contribution in [2.45, 2.75) is 50.5 Å². The van der Waals surface area contributed by atoms with Gasteiger partial charge in [-0.05, 0) is 31.6 Å².